The third-order valence-corrected chi connectivity index (χ3v) is 6.18. The standard InChI is InChI=1S/C16H14Br2ClNO/c1-10-7-8-12(9-13(10)19)20-16(21)15(18)14(17)11-5-3-2-4-6-11/h2-9,14-15H,1H3,(H,20,21)/t14-,15-/m0/s1. The largest absolute Gasteiger partial charge is 0.325 e. The molecule has 0 spiro atoms. The lowest BCUT2D eigenvalue weighted by Gasteiger charge is -2.17. The van der Waals surface area contributed by atoms with E-state index in [4.69, 9.17) is 11.6 Å². The first-order chi connectivity index (χ1) is 9.99. The fourth-order valence-corrected chi connectivity index (χ4v) is 2.97. The lowest BCUT2D eigenvalue weighted by Crippen LogP contribution is -2.26. The molecule has 1 amide bonds. The molecular formula is C16H14Br2ClNO. The van der Waals surface area contributed by atoms with E-state index in [0.717, 1.165) is 11.1 Å². The Morgan fingerprint density at radius 3 is 2.43 bits per heavy atom. The van der Waals surface area contributed by atoms with Crippen molar-refractivity contribution in [2.75, 3.05) is 5.32 Å². The van der Waals surface area contributed by atoms with Crippen molar-refractivity contribution in [1.82, 2.24) is 0 Å². The number of amides is 1. The van der Waals surface area contributed by atoms with Crippen molar-refractivity contribution >= 4 is 55.1 Å². The monoisotopic (exact) mass is 429 g/mol. The van der Waals surface area contributed by atoms with Crippen molar-refractivity contribution in [2.24, 2.45) is 0 Å². The third kappa shape index (κ3) is 4.31. The van der Waals surface area contributed by atoms with Crippen molar-refractivity contribution in [3.63, 3.8) is 0 Å². The second kappa shape index (κ2) is 7.43. The van der Waals surface area contributed by atoms with Gasteiger partial charge in [0.15, 0.2) is 0 Å². The van der Waals surface area contributed by atoms with Crippen LogP contribution in [-0.2, 0) is 4.79 Å². The number of hydrogen-bond donors (Lipinski definition) is 1. The average molecular weight is 432 g/mol. The molecule has 0 heterocycles. The second-order valence-corrected chi connectivity index (χ2v) is 7.05. The zero-order chi connectivity index (χ0) is 15.4. The Labute approximate surface area is 146 Å². The number of benzene rings is 2. The van der Waals surface area contributed by atoms with Crippen LogP contribution in [-0.4, -0.2) is 10.7 Å². The first-order valence-corrected chi connectivity index (χ1v) is 8.60. The Balaban J connectivity index is 2.07. The topological polar surface area (TPSA) is 29.1 Å². The fraction of sp³-hybridized carbons (Fsp3) is 0.188. The molecule has 0 fully saturated rings. The van der Waals surface area contributed by atoms with Crippen molar-refractivity contribution in [1.29, 1.82) is 0 Å². The lowest BCUT2D eigenvalue weighted by molar-refractivity contribution is -0.115. The van der Waals surface area contributed by atoms with Gasteiger partial charge in [0.2, 0.25) is 5.91 Å². The van der Waals surface area contributed by atoms with Gasteiger partial charge < -0.3 is 5.32 Å². The highest BCUT2D eigenvalue weighted by molar-refractivity contribution is 9.12. The van der Waals surface area contributed by atoms with Crippen molar-refractivity contribution in [2.45, 2.75) is 16.6 Å². The van der Waals surface area contributed by atoms with Crippen molar-refractivity contribution in [3.8, 4) is 0 Å². The van der Waals surface area contributed by atoms with E-state index in [1.807, 2.05) is 49.4 Å². The summed E-state index contributed by atoms with van der Waals surface area (Å²) in [5.74, 6) is -0.124. The molecular weight excluding hydrogens is 417 g/mol. The highest BCUT2D eigenvalue weighted by atomic mass is 79.9. The summed E-state index contributed by atoms with van der Waals surface area (Å²) >= 11 is 13.1. The molecule has 2 rings (SSSR count). The Kier molecular flexibility index (Phi) is 5.85. The molecule has 0 bridgehead atoms. The minimum absolute atomic E-state index is 0.111. The van der Waals surface area contributed by atoms with Gasteiger partial charge in [0, 0.05) is 10.7 Å². The van der Waals surface area contributed by atoms with Gasteiger partial charge in [-0.05, 0) is 30.2 Å². The smallest absolute Gasteiger partial charge is 0.239 e. The Morgan fingerprint density at radius 1 is 1.14 bits per heavy atom. The van der Waals surface area contributed by atoms with Gasteiger partial charge in [-0.25, -0.2) is 0 Å². The molecule has 0 unspecified atom stereocenters. The van der Waals surface area contributed by atoms with Gasteiger partial charge in [-0.1, -0.05) is 79.9 Å². The zero-order valence-electron chi connectivity index (χ0n) is 11.3. The van der Waals surface area contributed by atoms with Gasteiger partial charge in [-0.15, -0.1) is 0 Å². The number of aryl methyl sites for hydroxylation is 1. The minimum atomic E-state index is -0.389. The molecule has 0 aliphatic carbocycles. The molecule has 0 saturated heterocycles. The van der Waals surface area contributed by atoms with Crippen LogP contribution in [0.1, 0.15) is 16.0 Å². The number of hydrogen-bond acceptors (Lipinski definition) is 1. The number of carbonyl (C=O) groups excluding carboxylic acids is 1. The Morgan fingerprint density at radius 2 is 1.81 bits per heavy atom. The number of anilines is 1. The normalized spacial score (nSPS) is 13.5. The van der Waals surface area contributed by atoms with Gasteiger partial charge >= 0.3 is 0 Å². The van der Waals surface area contributed by atoms with Gasteiger partial charge in [0.05, 0.1) is 4.83 Å². The number of rotatable bonds is 4. The maximum atomic E-state index is 12.3. The van der Waals surface area contributed by atoms with Crippen LogP contribution in [0.4, 0.5) is 5.69 Å². The molecule has 21 heavy (non-hydrogen) atoms. The van der Waals surface area contributed by atoms with Gasteiger partial charge in [-0.2, -0.15) is 0 Å². The first-order valence-electron chi connectivity index (χ1n) is 6.39. The van der Waals surface area contributed by atoms with E-state index in [9.17, 15) is 4.79 Å². The third-order valence-electron chi connectivity index (χ3n) is 3.06. The predicted molar refractivity (Wildman–Crippen MR) is 95.6 cm³/mol. The Hall–Kier alpha value is -0.840. The summed E-state index contributed by atoms with van der Waals surface area (Å²) in [6, 6.07) is 15.3. The SMILES string of the molecule is Cc1ccc(NC(=O)[C@@H](Br)[C@@H](Br)c2ccccc2)cc1Cl. The highest BCUT2D eigenvalue weighted by Crippen LogP contribution is 2.32. The summed E-state index contributed by atoms with van der Waals surface area (Å²) in [4.78, 5) is 11.8. The highest BCUT2D eigenvalue weighted by Gasteiger charge is 2.25. The number of nitrogens with one attached hydrogen (secondary N) is 1. The van der Waals surface area contributed by atoms with E-state index < -0.39 is 0 Å². The van der Waals surface area contributed by atoms with Crippen LogP contribution in [0, 0.1) is 6.92 Å². The molecule has 0 radical (unpaired) electrons. The van der Waals surface area contributed by atoms with E-state index in [0.29, 0.717) is 10.7 Å². The number of carbonyl (C=O) groups is 1. The van der Waals surface area contributed by atoms with Crippen molar-refractivity contribution < 1.29 is 4.79 Å². The average Bonchev–Trinajstić information content (AvgIpc) is 2.50. The van der Waals surface area contributed by atoms with Gasteiger partial charge in [-0.3, -0.25) is 4.79 Å². The Bertz CT molecular complexity index is 633. The van der Waals surface area contributed by atoms with Gasteiger partial charge in [0.1, 0.15) is 4.83 Å². The van der Waals surface area contributed by atoms with Crippen molar-refractivity contribution in [3.05, 3.63) is 64.7 Å². The summed E-state index contributed by atoms with van der Waals surface area (Å²) in [6.45, 7) is 1.92. The lowest BCUT2D eigenvalue weighted by atomic mass is 10.1. The molecule has 0 aromatic heterocycles. The van der Waals surface area contributed by atoms with Crippen LogP contribution in [0.3, 0.4) is 0 Å². The molecule has 5 heteroatoms. The van der Waals surface area contributed by atoms with E-state index in [2.05, 4.69) is 37.2 Å². The molecule has 0 aliphatic heterocycles. The van der Waals surface area contributed by atoms with Crippen LogP contribution in [0.2, 0.25) is 5.02 Å². The molecule has 2 nitrogen and oxygen atoms in total. The van der Waals surface area contributed by atoms with Crippen LogP contribution < -0.4 is 5.32 Å². The first kappa shape index (κ1) is 16.5. The quantitative estimate of drug-likeness (QED) is 0.638. The van der Waals surface area contributed by atoms with Crippen LogP contribution in [0.25, 0.3) is 0 Å². The molecule has 1 N–H and O–H groups in total. The molecule has 2 aromatic rings. The molecule has 2 atom stereocenters. The minimum Gasteiger partial charge on any atom is -0.325 e. The van der Waals surface area contributed by atoms with Crippen LogP contribution in [0.15, 0.2) is 48.5 Å². The van der Waals surface area contributed by atoms with E-state index in [-0.39, 0.29) is 15.6 Å². The summed E-state index contributed by atoms with van der Waals surface area (Å²) in [5, 5.41) is 3.50. The van der Waals surface area contributed by atoms with Gasteiger partial charge in [0.25, 0.3) is 0 Å². The summed E-state index contributed by atoms with van der Waals surface area (Å²) in [7, 11) is 0. The second-order valence-electron chi connectivity index (χ2n) is 4.67. The van der Waals surface area contributed by atoms with Crippen LogP contribution >= 0.6 is 43.5 Å². The summed E-state index contributed by atoms with van der Waals surface area (Å²) in [5.41, 5.74) is 2.71. The summed E-state index contributed by atoms with van der Waals surface area (Å²) in [6.07, 6.45) is 0. The molecule has 0 aliphatic rings. The van der Waals surface area contributed by atoms with E-state index >= 15 is 0 Å². The number of alkyl halides is 2. The maximum Gasteiger partial charge on any atom is 0.239 e. The van der Waals surface area contributed by atoms with Crippen LogP contribution in [0.5, 0.6) is 0 Å². The number of halogens is 3. The molecule has 2 aromatic carbocycles. The molecule has 0 saturated carbocycles. The zero-order valence-corrected chi connectivity index (χ0v) is 15.2. The fourth-order valence-electron chi connectivity index (χ4n) is 1.82. The maximum absolute atomic E-state index is 12.3. The van der Waals surface area contributed by atoms with E-state index in [1.54, 1.807) is 6.07 Å². The van der Waals surface area contributed by atoms with E-state index in [1.165, 1.54) is 0 Å². The molecule has 110 valence electrons. The summed E-state index contributed by atoms with van der Waals surface area (Å²) < 4.78 is 0. The predicted octanol–water partition coefficient (Wildman–Crippen LogP) is 5.49.